The molecule has 0 saturated heterocycles. The maximum Gasteiger partial charge on any atom is 0.159 e. The number of fused-ring (bicyclic) bond motifs is 9. The lowest BCUT2D eigenvalue weighted by Crippen LogP contribution is -2.15. The SMILES string of the molecule is CC(C)(C)c1cccc2c1oc1c(N(c3ccccc3)c3ccc4c5c(ccc4c3)-c3cc4ccccc4cc3C5(C)C)cccc12. The van der Waals surface area contributed by atoms with Gasteiger partial charge in [-0.3, -0.25) is 0 Å². The Hall–Kier alpha value is -5.34. The van der Waals surface area contributed by atoms with Gasteiger partial charge >= 0.3 is 0 Å². The van der Waals surface area contributed by atoms with E-state index in [2.05, 4.69) is 173 Å². The van der Waals surface area contributed by atoms with Crippen molar-refractivity contribution in [2.45, 2.75) is 45.4 Å². The average Bonchev–Trinajstić information content (AvgIpc) is 3.56. The van der Waals surface area contributed by atoms with E-state index in [0.717, 1.165) is 39.0 Å². The zero-order valence-corrected chi connectivity index (χ0v) is 27.6. The largest absolute Gasteiger partial charge is 0.454 e. The van der Waals surface area contributed by atoms with Crippen molar-refractivity contribution in [2.75, 3.05) is 4.90 Å². The summed E-state index contributed by atoms with van der Waals surface area (Å²) in [5.74, 6) is 0. The van der Waals surface area contributed by atoms with Gasteiger partial charge in [0.25, 0.3) is 0 Å². The van der Waals surface area contributed by atoms with Crippen LogP contribution < -0.4 is 4.90 Å². The molecule has 0 atom stereocenters. The summed E-state index contributed by atoms with van der Waals surface area (Å²) < 4.78 is 6.87. The van der Waals surface area contributed by atoms with Gasteiger partial charge in [-0.05, 0) is 91.7 Å². The van der Waals surface area contributed by atoms with E-state index in [0.29, 0.717) is 0 Å². The van der Waals surface area contributed by atoms with E-state index in [9.17, 15) is 0 Å². The summed E-state index contributed by atoms with van der Waals surface area (Å²) in [4.78, 5) is 2.35. The molecule has 1 aromatic heterocycles. The van der Waals surface area contributed by atoms with Crippen LogP contribution in [0.2, 0.25) is 0 Å². The van der Waals surface area contributed by atoms with Gasteiger partial charge in [0.15, 0.2) is 5.58 Å². The van der Waals surface area contributed by atoms with Gasteiger partial charge in [0.05, 0.1) is 5.69 Å². The van der Waals surface area contributed by atoms with Crippen molar-refractivity contribution in [2.24, 2.45) is 0 Å². The van der Waals surface area contributed by atoms with E-state index in [1.165, 1.54) is 49.4 Å². The predicted octanol–water partition coefficient (Wildman–Crippen LogP) is 13.0. The minimum atomic E-state index is -0.112. The molecule has 0 bridgehead atoms. The summed E-state index contributed by atoms with van der Waals surface area (Å²) in [6.07, 6.45) is 0. The number of hydrogen-bond acceptors (Lipinski definition) is 2. The molecule has 228 valence electrons. The number of nitrogens with zero attached hydrogens (tertiary/aromatic N) is 1. The minimum Gasteiger partial charge on any atom is -0.454 e. The molecule has 0 fully saturated rings. The quantitative estimate of drug-likeness (QED) is 0.199. The molecule has 47 heavy (non-hydrogen) atoms. The van der Waals surface area contributed by atoms with Gasteiger partial charge in [-0.1, -0.05) is 126 Å². The van der Waals surface area contributed by atoms with Crippen molar-refractivity contribution >= 4 is 60.5 Å². The second-order valence-corrected chi connectivity index (χ2v) is 14.6. The summed E-state index contributed by atoms with van der Waals surface area (Å²) in [7, 11) is 0. The van der Waals surface area contributed by atoms with Gasteiger partial charge in [0.2, 0.25) is 0 Å². The Morgan fingerprint density at radius 1 is 0.532 bits per heavy atom. The molecule has 0 aliphatic heterocycles. The molecular formula is C45H37NO. The van der Waals surface area contributed by atoms with Crippen LogP contribution in [0.15, 0.2) is 138 Å². The van der Waals surface area contributed by atoms with Crippen LogP contribution in [-0.2, 0) is 10.8 Å². The summed E-state index contributed by atoms with van der Waals surface area (Å²) in [6.45, 7) is 11.5. The lowest BCUT2D eigenvalue weighted by Gasteiger charge is -2.27. The number of hydrogen-bond donors (Lipinski definition) is 0. The van der Waals surface area contributed by atoms with Crippen LogP contribution in [0.4, 0.5) is 17.1 Å². The first-order valence-electron chi connectivity index (χ1n) is 16.6. The first-order valence-corrected chi connectivity index (χ1v) is 16.6. The van der Waals surface area contributed by atoms with E-state index in [1.807, 2.05) is 0 Å². The minimum absolute atomic E-state index is 0.0363. The first kappa shape index (κ1) is 27.9. The number of benzene rings is 7. The number of furan rings is 1. The van der Waals surface area contributed by atoms with E-state index in [1.54, 1.807) is 0 Å². The highest BCUT2D eigenvalue weighted by molar-refractivity contribution is 6.11. The van der Waals surface area contributed by atoms with Gasteiger partial charge in [-0.25, -0.2) is 0 Å². The van der Waals surface area contributed by atoms with Crippen LogP contribution in [0, 0.1) is 0 Å². The third-order valence-electron chi connectivity index (χ3n) is 10.3. The monoisotopic (exact) mass is 607 g/mol. The maximum absolute atomic E-state index is 6.87. The predicted molar refractivity (Wildman–Crippen MR) is 200 cm³/mol. The van der Waals surface area contributed by atoms with Crippen molar-refractivity contribution in [1.82, 2.24) is 0 Å². The third-order valence-corrected chi connectivity index (χ3v) is 10.3. The summed E-state index contributed by atoms with van der Waals surface area (Å²) in [5, 5.41) is 7.42. The maximum atomic E-state index is 6.87. The highest BCUT2D eigenvalue weighted by Gasteiger charge is 2.37. The number of rotatable bonds is 3. The van der Waals surface area contributed by atoms with Crippen molar-refractivity contribution in [3.05, 3.63) is 150 Å². The fraction of sp³-hybridized carbons (Fsp3) is 0.156. The Balaban J connectivity index is 1.25. The molecule has 1 heterocycles. The van der Waals surface area contributed by atoms with Crippen molar-refractivity contribution in [1.29, 1.82) is 0 Å². The fourth-order valence-electron chi connectivity index (χ4n) is 8.05. The van der Waals surface area contributed by atoms with E-state index >= 15 is 0 Å². The molecule has 2 nitrogen and oxygen atoms in total. The Kier molecular flexibility index (Phi) is 5.84. The second-order valence-electron chi connectivity index (χ2n) is 14.6. The Morgan fingerprint density at radius 3 is 2.00 bits per heavy atom. The van der Waals surface area contributed by atoms with Crippen LogP contribution in [0.3, 0.4) is 0 Å². The third kappa shape index (κ3) is 4.11. The van der Waals surface area contributed by atoms with Crippen molar-refractivity contribution in [3.63, 3.8) is 0 Å². The van der Waals surface area contributed by atoms with Gasteiger partial charge < -0.3 is 9.32 Å². The fourth-order valence-corrected chi connectivity index (χ4v) is 8.05. The standard InChI is InChI=1S/C45H37NO/c1-44(2,3)38-19-11-17-35-36-18-12-20-40(43(36)47-42(35)38)46(31-15-7-6-8-16-31)32-22-24-33-30(25-32)21-23-34-37-26-28-13-9-10-14-29(28)27-39(37)45(4,5)41(33)34/h6-27H,1-5H3. The van der Waals surface area contributed by atoms with E-state index in [4.69, 9.17) is 4.42 Å². The zero-order valence-electron chi connectivity index (χ0n) is 27.6. The average molecular weight is 608 g/mol. The van der Waals surface area contributed by atoms with Crippen molar-refractivity contribution in [3.8, 4) is 11.1 Å². The molecule has 8 aromatic rings. The van der Waals surface area contributed by atoms with E-state index < -0.39 is 0 Å². The molecule has 0 N–H and O–H groups in total. The zero-order chi connectivity index (χ0) is 32.1. The lowest BCUT2D eigenvalue weighted by atomic mass is 9.80. The van der Waals surface area contributed by atoms with Crippen LogP contribution in [0.5, 0.6) is 0 Å². The molecule has 0 spiro atoms. The molecule has 0 amide bonds. The molecule has 9 rings (SSSR count). The molecule has 0 saturated carbocycles. The summed E-state index contributed by atoms with van der Waals surface area (Å²) >= 11 is 0. The van der Waals surface area contributed by atoms with Gasteiger partial charge in [0, 0.05) is 33.1 Å². The Labute approximate surface area is 275 Å². The van der Waals surface area contributed by atoms with Crippen LogP contribution in [0.25, 0.3) is 54.6 Å². The molecule has 1 aliphatic carbocycles. The van der Waals surface area contributed by atoms with Gasteiger partial charge in [-0.2, -0.15) is 0 Å². The number of anilines is 3. The lowest BCUT2D eigenvalue weighted by molar-refractivity contribution is 0.573. The Morgan fingerprint density at radius 2 is 1.23 bits per heavy atom. The normalized spacial score (nSPS) is 13.8. The van der Waals surface area contributed by atoms with Gasteiger partial charge in [-0.15, -0.1) is 0 Å². The van der Waals surface area contributed by atoms with E-state index in [-0.39, 0.29) is 10.8 Å². The molecule has 0 unspecified atom stereocenters. The number of para-hydroxylation sites is 3. The molecular weight excluding hydrogens is 571 g/mol. The van der Waals surface area contributed by atoms with Crippen molar-refractivity contribution < 1.29 is 4.42 Å². The second kappa shape index (κ2) is 9.83. The molecule has 7 aromatic carbocycles. The highest BCUT2D eigenvalue weighted by atomic mass is 16.3. The summed E-state index contributed by atoms with van der Waals surface area (Å²) in [5.41, 5.74) is 11.7. The first-order chi connectivity index (χ1) is 22.7. The molecule has 1 aliphatic rings. The smallest absolute Gasteiger partial charge is 0.159 e. The Bertz CT molecular complexity index is 2530. The topological polar surface area (TPSA) is 16.4 Å². The van der Waals surface area contributed by atoms with Crippen LogP contribution in [-0.4, -0.2) is 0 Å². The highest BCUT2D eigenvalue weighted by Crippen LogP contribution is 2.53. The van der Waals surface area contributed by atoms with Crippen LogP contribution >= 0.6 is 0 Å². The molecule has 0 radical (unpaired) electrons. The molecule has 2 heteroatoms. The van der Waals surface area contributed by atoms with Gasteiger partial charge in [0.1, 0.15) is 5.58 Å². The van der Waals surface area contributed by atoms with Crippen LogP contribution in [0.1, 0.15) is 51.3 Å². The summed E-state index contributed by atoms with van der Waals surface area (Å²) in [6, 6.07) is 48.8.